The van der Waals surface area contributed by atoms with Crippen molar-refractivity contribution in [1.29, 1.82) is 0 Å². The summed E-state index contributed by atoms with van der Waals surface area (Å²) in [6, 6.07) is 27.2. The number of benzene rings is 3. The van der Waals surface area contributed by atoms with Crippen molar-refractivity contribution in [3.8, 4) is 22.8 Å². The van der Waals surface area contributed by atoms with Gasteiger partial charge in [0.05, 0.1) is 11.3 Å². The molecule has 0 fully saturated rings. The second-order valence-electron chi connectivity index (χ2n) is 5.78. The molecular formula is C21H17N3O. The number of aromatic hydroxyl groups is 1. The zero-order valence-corrected chi connectivity index (χ0v) is 13.6. The Kier molecular flexibility index (Phi) is 4.01. The fourth-order valence-electron chi connectivity index (χ4n) is 2.79. The molecule has 0 amide bonds. The Bertz CT molecular complexity index is 978. The third-order valence-electron chi connectivity index (χ3n) is 4.00. The van der Waals surface area contributed by atoms with Crippen LogP contribution < -0.4 is 0 Å². The summed E-state index contributed by atoms with van der Waals surface area (Å²) in [6.07, 6.45) is 0.640. The number of aromatic nitrogens is 3. The van der Waals surface area contributed by atoms with E-state index in [4.69, 9.17) is 4.98 Å². The summed E-state index contributed by atoms with van der Waals surface area (Å²) < 4.78 is 1.79. The van der Waals surface area contributed by atoms with Crippen molar-refractivity contribution in [3.63, 3.8) is 0 Å². The number of phenols is 1. The van der Waals surface area contributed by atoms with E-state index in [2.05, 4.69) is 17.2 Å². The molecule has 0 aliphatic rings. The van der Waals surface area contributed by atoms with Gasteiger partial charge < -0.3 is 5.11 Å². The van der Waals surface area contributed by atoms with Gasteiger partial charge in [-0.2, -0.15) is 5.10 Å². The van der Waals surface area contributed by atoms with Gasteiger partial charge in [0.25, 0.3) is 0 Å². The molecule has 0 saturated heterocycles. The molecule has 4 aromatic rings. The van der Waals surface area contributed by atoms with E-state index in [0.29, 0.717) is 23.6 Å². The summed E-state index contributed by atoms with van der Waals surface area (Å²) >= 11 is 0. The Balaban J connectivity index is 1.83. The van der Waals surface area contributed by atoms with Gasteiger partial charge in [0.2, 0.25) is 0 Å². The van der Waals surface area contributed by atoms with E-state index in [9.17, 15) is 5.11 Å². The first-order valence-corrected chi connectivity index (χ1v) is 8.15. The van der Waals surface area contributed by atoms with Crippen molar-refractivity contribution in [3.05, 3.63) is 96.3 Å². The van der Waals surface area contributed by atoms with Crippen LogP contribution in [0.5, 0.6) is 5.75 Å². The molecule has 0 aliphatic heterocycles. The highest BCUT2D eigenvalue weighted by atomic mass is 16.3. The summed E-state index contributed by atoms with van der Waals surface area (Å²) in [5.41, 5.74) is 2.72. The average Bonchev–Trinajstić information content (AvgIpc) is 3.07. The van der Waals surface area contributed by atoms with Crippen molar-refractivity contribution in [2.45, 2.75) is 6.42 Å². The molecule has 1 aromatic heterocycles. The van der Waals surface area contributed by atoms with Crippen molar-refractivity contribution < 1.29 is 5.11 Å². The fraction of sp³-hybridized carbons (Fsp3) is 0.0476. The van der Waals surface area contributed by atoms with Crippen molar-refractivity contribution in [2.75, 3.05) is 0 Å². The van der Waals surface area contributed by atoms with Crippen LogP contribution >= 0.6 is 0 Å². The number of hydrogen-bond acceptors (Lipinski definition) is 3. The van der Waals surface area contributed by atoms with Crippen LogP contribution in [0, 0.1) is 0 Å². The summed E-state index contributed by atoms with van der Waals surface area (Å²) in [5.74, 6) is 1.54. The Hall–Kier alpha value is -3.40. The summed E-state index contributed by atoms with van der Waals surface area (Å²) in [6.45, 7) is 0. The molecular weight excluding hydrogens is 310 g/mol. The van der Waals surface area contributed by atoms with Crippen LogP contribution in [0.15, 0.2) is 84.9 Å². The monoisotopic (exact) mass is 327 g/mol. The molecule has 1 N–H and O–H groups in total. The molecule has 0 bridgehead atoms. The molecule has 4 heteroatoms. The first-order chi connectivity index (χ1) is 12.3. The average molecular weight is 327 g/mol. The van der Waals surface area contributed by atoms with E-state index in [-0.39, 0.29) is 5.75 Å². The van der Waals surface area contributed by atoms with Gasteiger partial charge in [0.15, 0.2) is 11.6 Å². The summed E-state index contributed by atoms with van der Waals surface area (Å²) in [7, 11) is 0. The van der Waals surface area contributed by atoms with Gasteiger partial charge in [0, 0.05) is 6.42 Å². The zero-order valence-electron chi connectivity index (χ0n) is 13.6. The number of nitrogens with zero attached hydrogens (tertiary/aromatic N) is 3. The predicted molar refractivity (Wildman–Crippen MR) is 97.7 cm³/mol. The van der Waals surface area contributed by atoms with Gasteiger partial charge in [-0.15, -0.1) is 0 Å². The van der Waals surface area contributed by atoms with Crippen molar-refractivity contribution in [2.24, 2.45) is 0 Å². The van der Waals surface area contributed by atoms with Gasteiger partial charge in [-0.05, 0) is 29.8 Å². The summed E-state index contributed by atoms with van der Waals surface area (Å²) in [4.78, 5) is 4.70. The second kappa shape index (κ2) is 6.61. The standard InChI is InChI=1S/C21H17N3O/c25-19-14-8-7-13-18(19)21-22-20(15-16-9-3-1-4-10-16)23-24(21)17-11-5-2-6-12-17/h1-14,25H,15H2. The lowest BCUT2D eigenvalue weighted by molar-refractivity contribution is 0.476. The van der Waals surface area contributed by atoms with E-state index in [1.54, 1.807) is 16.8 Å². The Morgan fingerprint density at radius 1 is 0.760 bits per heavy atom. The van der Waals surface area contributed by atoms with Gasteiger partial charge in [-0.1, -0.05) is 60.7 Å². The van der Waals surface area contributed by atoms with E-state index in [1.165, 1.54) is 0 Å². The number of hydrogen-bond donors (Lipinski definition) is 1. The predicted octanol–water partition coefficient (Wildman–Crippen LogP) is 4.23. The van der Waals surface area contributed by atoms with Gasteiger partial charge >= 0.3 is 0 Å². The minimum absolute atomic E-state index is 0.193. The van der Waals surface area contributed by atoms with Gasteiger partial charge in [-0.3, -0.25) is 0 Å². The van der Waals surface area contributed by atoms with Crippen molar-refractivity contribution >= 4 is 0 Å². The molecule has 0 atom stereocenters. The highest BCUT2D eigenvalue weighted by molar-refractivity contribution is 5.65. The topological polar surface area (TPSA) is 50.9 Å². The molecule has 1 heterocycles. The Morgan fingerprint density at radius 3 is 2.12 bits per heavy atom. The maximum atomic E-state index is 10.3. The number of phenolic OH excluding ortho intramolecular Hbond substituents is 1. The number of rotatable bonds is 4. The lowest BCUT2D eigenvalue weighted by Gasteiger charge is -2.06. The third kappa shape index (κ3) is 3.15. The first kappa shape index (κ1) is 15.1. The van der Waals surface area contributed by atoms with Crippen molar-refractivity contribution in [1.82, 2.24) is 14.8 Å². The van der Waals surface area contributed by atoms with Crippen LogP contribution in [0.25, 0.3) is 17.1 Å². The van der Waals surface area contributed by atoms with Crippen LogP contribution in [0.4, 0.5) is 0 Å². The zero-order chi connectivity index (χ0) is 17.1. The minimum atomic E-state index is 0.193. The van der Waals surface area contributed by atoms with Gasteiger partial charge in [0.1, 0.15) is 5.75 Å². The molecule has 25 heavy (non-hydrogen) atoms. The molecule has 4 nitrogen and oxygen atoms in total. The van der Waals surface area contributed by atoms with Crippen LogP contribution in [-0.4, -0.2) is 19.9 Å². The molecule has 0 unspecified atom stereocenters. The minimum Gasteiger partial charge on any atom is -0.507 e. The normalized spacial score (nSPS) is 10.7. The van der Waals surface area contributed by atoms with E-state index in [0.717, 1.165) is 11.3 Å². The molecule has 0 saturated carbocycles. The highest BCUT2D eigenvalue weighted by Gasteiger charge is 2.16. The van der Waals surface area contributed by atoms with Crippen LogP contribution in [0.3, 0.4) is 0 Å². The molecule has 0 radical (unpaired) electrons. The SMILES string of the molecule is Oc1ccccc1-c1nc(Cc2ccccc2)nn1-c1ccccc1. The van der Waals surface area contributed by atoms with Gasteiger partial charge in [-0.25, -0.2) is 9.67 Å². The molecule has 0 aliphatic carbocycles. The summed E-state index contributed by atoms with van der Waals surface area (Å²) in [5, 5.41) is 14.9. The van der Waals surface area contributed by atoms with Crippen LogP contribution in [-0.2, 0) is 6.42 Å². The highest BCUT2D eigenvalue weighted by Crippen LogP contribution is 2.29. The Morgan fingerprint density at radius 2 is 1.40 bits per heavy atom. The van der Waals surface area contributed by atoms with Crippen LogP contribution in [0.1, 0.15) is 11.4 Å². The fourth-order valence-corrected chi connectivity index (χ4v) is 2.79. The lowest BCUT2D eigenvalue weighted by atomic mass is 10.1. The number of para-hydroxylation sites is 2. The largest absolute Gasteiger partial charge is 0.507 e. The Labute approximate surface area is 146 Å². The molecule has 0 spiro atoms. The third-order valence-corrected chi connectivity index (χ3v) is 4.00. The van der Waals surface area contributed by atoms with Crippen LogP contribution in [0.2, 0.25) is 0 Å². The van der Waals surface area contributed by atoms with E-state index < -0.39 is 0 Å². The lowest BCUT2D eigenvalue weighted by Crippen LogP contribution is -2.00. The maximum Gasteiger partial charge on any atom is 0.167 e. The molecule has 122 valence electrons. The second-order valence-corrected chi connectivity index (χ2v) is 5.78. The van der Waals surface area contributed by atoms with E-state index in [1.807, 2.05) is 60.7 Å². The smallest absolute Gasteiger partial charge is 0.167 e. The maximum absolute atomic E-state index is 10.3. The first-order valence-electron chi connectivity index (χ1n) is 8.15. The van der Waals surface area contributed by atoms with E-state index >= 15 is 0 Å². The quantitative estimate of drug-likeness (QED) is 0.610. The molecule has 3 aromatic carbocycles. The molecule has 4 rings (SSSR count).